The van der Waals surface area contributed by atoms with Crippen LogP contribution in [-0.4, -0.2) is 66.5 Å². The van der Waals surface area contributed by atoms with Crippen LogP contribution in [0.15, 0.2) is 53.6 Å². The van der Waals surface area contributed by atoms with Crippen molar-refractivity contribution in [3.05, 3.63) is 64.8 Å². The molecule has 0 radical (unpaired) electrons. The van der Waals surface area contributed by atoms with E-state index in [2.05, 4.69) is 37.3 Å². The van der Waals surface area contributed by atoms with Gasteiger partial charge in [0.25, 0.3) is 5.91 Å². The topological polar surface area (TPSA) is 155 Å². The number of carbonyl (C=O) groups is 1. The van der Waals surface area contributed by atoms with Gasteiger partial charge in [-0.05, 0) is 89.3 Å². The molecule has 1 aliphatic rings. The number of halogens is 1. The first kappa shape index (κ1) is 35.1. The van der Waals surface area contributed by atoms with Crippen molar-refractivity contribution in [1.29, 1.82) is 0 Å². The van der Waals surface area contributed by atoms with Crippen LogP contribution >= 0.6 is 11.6 Å². The van der Waals surface area contributed by atoms with Crippen molar-refractivity contribution in [2.75, 3.05) is 24.3 Å². The quantitative estimate of drug-likeness (QED) is 0.150. The molecule has 0 aliphatic heterocycles. The highest BCUT2D eigenvalue weighted by Crippen LogP contribution is 2.38. The molecule has 4 rings (SSSR count). The zero-order valence-corrected chi connectivity index (χ0v) is 28.6. The number of rotatable bonds is 13. The number of sulfone groups is 1. The molecule has 3 aromatic rings. The number of allylic oxidation sites excluding steroid dienone is 1. The third-order valence-corrected chi connectivity index (χ3v) is 10.0. The molecular weight excluding hydrogens is 628 g/mol. The molecule has 2 atom stereocenters. The van der Waals surface area contributed by atoms with Crippen LogP contribution in [0.4, 0.5) is 23.1 Å². The van der Waals surface area contributed by atoms with Gasteiger partial charge >= 0.3 is 0 Å². The number of amides is 1. The van der Waals surface area contributed by atoms with E-state index in [-0.39, 0.29) is 52.4 Å². The minimum Gasteiger partial charge on any atom is -0.489 e. The van der Waals surface area contributed by atoms with Gasteiger partial charge in [-0.15, -0.1) is 0 Å². The van der Waals surface area contributed by atoms with E-state index in [4.69, 9.17) is 16.3 Å². The maximum atomic E-state index is 13.2. The lowest BCUT2D eigenvalue weighted by atomic mass is 9.87. The normalized spacial score (nSPS) is 15.8. The van der Waals surface area contributed by atoms with Gasteiger partial charge in [-0.3, -0.25) is 4.79 Å². The summed E-state index contributed by atoms with van der Waals surface area (Å²) in [5, 5.41) is 21.4. The van der Waals surface area contributed by atoms with Gasteiger partial charge in [0.2, 0.25) is 5.95 Å². The smallest absolute Gasteiger partial charge is 0.251 e. The Morgan fingerprint density at radius 2 is 1.85 bits per heavy atom. The summed E-state index contributed by atoms with van der Waals surface area (Å²) in [6, 6.07) is 10.4. The van der Waals surface area contributed by atoms with Crippen LogP contribution in [0.3, 0.4) is 0 Å². The molecule has 1 unspecified atom stereocenters. The molecule has 0 spiro atoms. The number of ether oxygens (including phenoxy) is 1. The summed E-state index contributed by atoms with van der Waals surface area (Å²) in [5.41, 5.74) is 3.08. The van der Waals surface area contributed by atoms with Crippen LogP contribution in [0, 0.1) is 0 Å². The molecule has 46 heavy (non-hydrogen) atoms. The van der Waals surface area contributed by atoms with Crippen LogP contribution in [0.5, 0.6) is 5.75 Å². The van der Waals surface area contributed by atoms with E-state index < -0.39 is 15.1 Å². The summed E-state index contributed by atoms with van der Waals surface area (Å²) < 4.78 is 32.2. The molecule has 1 amide bonds. The summed E-state index contributed by atoms with van der Waals surface area (Å²) >= 11 is 6.45. The van der Waals surface area contributed by atoms with E-state index in [1.54, 1.807) is 45.2 Å². The first-order valence-electron chi connectivity index (χ1n) is 15.4. The Kier molecular flexibility index (Phi) is 11.7. The van der Waals surface area contributed by atoms with E-state index in [9.17, 15) is 18.3 Å². The van der Waals surface area contributed by atoms with Gasteiger partial charge in [-0.25, -0.2) is 13.4 Å². The van der Waals surface area contributed by atoms with Gasteiger partial charge < -0.3 is 31.1 Å². The van der Waals surface area contributed by atoms with Crippen molar-refractivity contribution >= 4 is 56.1 Å². The van der Waals surface area contributed by atoms with Gasteiger partial charge in [0.15, 0.2) is 15.7 Å². The number of aromatic nitrogens is 2. The zero-order valence-electron chi connectivity index (χ0n) is 27.0. The van der Waals surface area contributed by atoms with Crippen LogP contribution in [0.25, 0.3) is 5.57 Å². The Balaban J connectivity index is 1.71. The monoisotopic (exact) mass is 670 g/mol. The second-order valence-corrected chi connectivity index (χ2v) is 14.7. The number of aliphatic hydroxyl groups is 1. The molecule has 1 aromatic heterocycles. The number of hydrogen-bond acceptors (Lipinski definition) is 10. The average molecular weight is 671 g/mol. The van der Waals surface area contributed by atoms with Gasteiger partial charge in [0.05, 0.1) is 40.4 Å². The summed E-state index contributed by atoms with van der Waals surface area (Å²) in [7, 11) is -2.01. The molecule has 13 heteroatoms. The van der Waals surface area contributed by atoms with Gasteiger partial charge in [0, 0.05) is 24.7 Å². The second kappa shape index (κ2) is 15.3. The SMILES string of the molecule is CNC(=O)c1cc(Nc2ncc(Cl)c(Nc3ccccc3S(=O)(=O)C(C)C)n2)c(OC(C)C)cc1C1=CCC(N[C@H](C)CO)CC1. The molecule has 1 heterocycles. The van der Waals surface area contributed by atoms with Crippen molar-refractivity contribution in [3.63, 3.8) is 0 Å². The first-order valence-corrected chi connectivity index (χ1v) is 17.3. The number of nitrogens with one attached hydrogen (secondary N) is 4. The molecule has 1 aliphatic carbocycles. The zero-order chi connectivity index (χ0) is 33.6. The molecule has 5 N–H and O–H groups in total. The highest BCUT2D eigenvalue weighted by molar-refractivity contribution is 7.92. The third-order valence-electron chi connectivity index (χ3n) is 7.56. The van der Waals surface area contributed by atoms with E-state index in [0.717, 1.165) is 30.4 Å². The number of aliphatic hydroxyl groups excluding tert-OH is 1. The lowest BCUT2D eigenvalue weighted by molar-refractivity contribution is 0.0962. The molecule has 11 nitrogen and oxygen atoms in total. The number of para-hydroxylation sites is 1. The lowest BCUT2D eigenvalue weighted by Gasteiger charge is -2.27. The summed E-state index contributed by atoms with van der Waals surface area (Å²) in [6.45, 7) is 9.10. The first-order chi connectivity index (χ1) is 21.8. The predicted molar refractivity (Wildman–Crippen MR) is 183 cm³/mol. The minimum absolute atomic E-state index is 0.00593. The molecule has 2 aromatic carbocycles. The van der Waals surface area contributed by atoms with Gasteiger partial charge in [-0.2, -0.15) is 4.98 Å². The minimum atomic E-state index is -3.59. The Labute approximate surface area is 276 Å². The van der Waals surface area contributed by atoms with E-state index in [0.29, 0.717) is 22.7 Å². The number of carbonyl (C=O) groups excluding carboxylic acids is 1. The maximum Gasteiger partial charge on any atom is 0.251 e. The Morgan fingerprint density at radius 1 is 1.11 bits per heavy atom. The molecule has 0 saturated carbocycles. The second-order valence-electron chi connectivity index (χ2n) is 11.8. The van der Waals surface area contributed by atoms with Gasteiger partial charge in [-0.1, -0.05) is 29.8 Å². The summed E-state index contributed by atoms with van der Waals surface area (Å²) in [4.78, 5) is 22.2. The van der Waals surface area contributed by atoms with Crippen molar-refractivity contribution in [2.45, 2.75) is 82.2 Å². The van der Waals surface area contributed by atoms with Crippen molar-refractivity contribution in [3.8, 4) is 5.75 Å². The van der Waals surface area contributed by atoms with Crippen LogP contribution in [0.1, 0.15) is 69.8 Å². The van der Waals surface area contributed by atoms with Crippen molar-refractivity contribution < 1.29 is 23.1 Å². The standard InChI is InChI=1S/C33H43ClN6O5S/c1-19(2)45-29-16-24(22-11-13-23(14-12-22)37-21(5)18-41)25(32(42)35-6)15-28(29)39-33-36-17-26(34)31(40-33)38-27-9-7-8-10-30(27)46(43,44)20(3)4/h7-11,15-17,19-21,23,37,41H,12-14,18H2,1-6H3,(H,35,42)(H2,36,38,39,40)/t21-,23?/m1/s1. The molecule has 0 fully saturated rings. The van der Waals surface area contributed by atoms with E-state index in [1.165, 1.54) is 12.3 Å². The highest BCUT2D eigenvalue weighted by atomic mass is 35.5. The van der Waals surface area contributed by atoms with Crippen LogP contribution in [-0.2, 0) is 9.84 Å². The number of hydrogen-bond donors (Lipinski definition) is 5. The molecule has 0 bridgehead atoms. The Morgan fingerprint density at radius 3 is 2.48 bits per heavy atom. The third kappa shape index (κ3) is 8.35. The molecule has 248 valence electrons. The van der Waals surface area contributed by atoms with Crippen LogP contribution < -0.4 is 26.0 Å². The Hall–Kier alpha value is -3.71. The van der Waals surface area contributed by atoms with E-state index in [1.807, 2.05) is 26.8 Å². The maximum absolute atomic E-state index is 13.2. The fraction of sp³-hybridized carbons (Fsp3) is 0.424. The number of benzene rings is 2. The molecular formula is C33H43ClN6O5S. The van der Waals surface area contributed by atoms with Crippen molar-refractivity contribution in [1.82, 2.24) is 20.6 Å². The fourth-order valence-corrected chi connectivity index (χ4v) is 6.48. The lowest BCUT2D eigenvalue weighted by Crippen LogP contribution is -2.39. The summed E-state index contributed by atoms with van der Waals surface area (Å²) in [5.74, 6) is 0.607. The van der Waals surface area contributed by atoms with E-state index >= 15 is 0 Å². The highest BCUT2D eigenvalue weighted by Gasteiger charge is 2.25. The van der Waals surface area contributed by atoms with Gasteiger partial charge in [0.1, 0.15) is 10.8 Å². The molecule has 0 saturated heterocycles. The van der Waals surface area contributed by atoms with Crippen LogP contribution in [0.2, 0.25) is 5.02 Å². The average Bonchev–Trinajstić information content (AvgIpc) is 3.03. The predicted octanol–water partition coefficient (Wildman–Crippen LogP) is 5.85. The van der Waals surface area contributed by atoms with Crippen molar-refractivity contribution in [2.24, 2.45) is 0 Å². The Bertz CT molecular complexity index is 1700. The number of anilines is 4. The fourth-order valence-electron chi connectivity index (χ4n) is 5.14. The number of nitrogens with zero attached hydrogens (tertiary/aromatic N) is 2. The largest absolute Gasteiger partial charge is 0.489 e. The summed E-state index contributed by atoms with van der Waals surface area (Å²) in [6.07, 6.45) is 5.75.